The number of methoxy groups -OCH3 is 1. The molecule has 0 bridgehead atoms. The molecule has 4 heteroatoms. The van der Waals surface area contributed by atoms with Crippen LogP contribution in [-0.4, -0.2) is 25.4 Å². The molecule has 0 atom stereocenters. The summed E-state index contributed by atoms with van der Waals surface area (Å²) < 4.78 is 8.53. The van der Waals surface area contributed by atoms with Gasteiger partial charge in [-0.25, -0.2) is 0 Å². The predicted octanol–water partition coefficient (Wildman–Crippen LogP) is 2.57. The van der Waals surface area contributed by atoms with Crippen LogP contribution in [0, 0.1) is 0 Å². The van der Waals surface area contributed by atoms with E-state index in [4.69, 9.17) is 4.74 Å². The molecule has 1 saturated carbocycles. The van der Waals surface area contributed by atoms with E-state index in [1.165, 1.54) is 36.4 Å². The molecule has 0 aliphatic heterocycles. The first-order valence-corrected chi connectivity index (χ1v) is 8.11. The Hall–Kier alpha value is -0.991. The summed E-state index contributed by atoms with van der Waals surface area (Å²) in [4.78, 5) is 12.5. The third kappa shape index (κ3) is 2.04. The van der Waals surface area contributed by atoms with Gasteiger partial charge in [-0.15, -0.1) is 0 Å². The van der Waals surface area contributed by atoms with Crippen LogP contribution in [0.5, 0.6) is 5.75 Å². The zero-order chi connectivity index (χ0) is 12.5. The summed E-state index contributed by atoms with van der Waals surface area (Å²) in [5.41, 5.74) is 0.218. The van der Waals surface area contributed by atoms with Gasteiger partial charge in [0, 0.05) is 0 Å². The molecule has 1 aromatic carbocycles. The molecule has 1 aliphatic carbocycles. The van der Waals surface area contributed by atoms with E-state index in [1.54, 1.807) is 7.11 Å². The van der Waals surface area contributed by atoms with Crippen molar-refractivity contribution in [3.63, 3.8) is 0 Å². The van der Waals surface area contributed by atoms with Gasteiger partial charge in [0.15, 0.2) is 0 Å². The Morgan fingerprint density at radius 1 is 1.28 bits per heavy atom. The summed E-state index contributed by atoms with van der Waals surface area (Å²) in [6.07, 6.45) is 6.22. The molecular formula is C14H17NO2Se. The van der Waals surface area contributed by atoms with Crippen LogP contribution in [0.4, 0.5) is 0 Å². The van der Waals surface area contributed by atoms with Crippen LogP contribution >= 0.6 is 0 Å². The average molecular weight is 310 g/mol. The number of aromatic nitrogens is 1. The van der Waals surface area contributed by atoms with E-state index < -0.39 is 0 Å². The Balaban J connectivity index is 2.07. The molecular weight excluding hydrogens is 293 g/mol. The molecule has 3 nitrogen and oxygen atoms in total. The van der Waals surface area contributed by atoms with E-state index in [0.29, 0.717) is 6.04 Å². The van der Waals surface area contributed by atoms with Crippen molar-refractivity contribution in [1.82, 2.24) is 3.56 Å². The maximum atomic E-state index is 12.5. The van der Waals surface area contributed by atoms with Gasteiger partial charge in [0.05, 0.1) is 0 Å². The second-order valence-corrected chi connectivity index (χ2v) is 7.01. The van der Waals surface area contributed by atoms with Crippen LogP contribution in [0.3, 0.4) is 0 Å². The normalized spacial score (nSPS) is 17.2. The second-order valence-electron chi connectivity index (χ2n) is 4.88. The van der Waals surface area contributed by atoms with Crippen molar-refractivity contribution in [2.45, 2.75) is 38.1 Å². The molecule has 96 valence electrons. The van der Waals surface area contributed by atoms with Crippen LogP contribution in [0.1, 0.15) is 38.1 Å². The molecule has 18 heavy (non-hydrogen) atoms. The standard InChI is InChI=1S/C14H17NO2Se/c1-17-11-7-8-13-12(9-11)14(16)15(18-13)10-5-3-2-4-6-10/h7-10H,2-6H2,1H3. The van der Waals surface area contributed by atoms with Gasteiger partial charge in [-0.3, -0.25) is 0 Å². The fourth-order valence-electron chi connectivity index (χ4n) is 2.70. The molecule has 0 saturated heterocycles. The molecule has 0 radical (unpaired) electrons. The van der Waals surface area contributed by atoms with Crippen molar-refractivity contribution < 1.29 is 4.74 Å². The summed E-state index contributed by atoms with van der Waals surface area (Å²) >= 11 is 0.167. The topological polar surface area (TPSA) is 31.2 Å². The molecule has 1 aliphatic rings. The van der Waals surface area contributed by atoms with Crippen LogP contribution in [0.2, 0.25) is 0 Å². The van der Waals surface area contributed by atoms with Crippen molar-refractivity contribution in [3.8, 4) is 5.75 Å². The number of benzene rings is 1. The Morgan fingerprint density at radius 2 is 2.06 bits per heavy atom. The summed E-state index contributed by atoms with van der Waals surface area (Å²) in [5.74, 6) is 0.781. The number of nitrogens with zero attached hydrogens (tertiary/aromatic N) is 1. The van der Waals surface area contributed by atoms with E-state index in [-0.39, 0.29) is 20.3 Å². The van der Waals surface area contributed by atoms with Gasteiger partial charge in [-0.2, -0.15) is 0 Å². The van der Waals surface area contributed by atoms with Gasteiger partial charge < -0.3 is 0 Å². The van der Waals surface area contributed by atoms with E-state index in [1.807, 2.05) is 12.1 Å². The van der Waals surface area contributed by atoms with Gasteiger partial charge in [-0.05, 0) is 0 Å². The van der Waals surface area contributed by atoms with Crippen molar-refractivity contribution in [1.29, 1.82) is 0 Å². The van der Waals surface area contributed by atoms with Crippen LogP contribution in [0.15, 0.2) is 23.0 Å². The van der Waals surface area contributed by atoms with Crippen molar-refractivity contribution >= 4 is 24.4 Å². The van der Waals surface area contributed by atoms with Crippen molar-refractivity contribution in [3.05, 3.63) is 28.6 Å². The van der Waals surface area contributed by atoms with Gasteiger partial charge in [0.1, 0.15) is 0 Å². The Kier molecular flexibility index (Phi) is 3.31. The SMILES string of the molecule is COc1ccc2[se]n(C3CCCCC3)c(=O)c2c1. The summed E-state index contributed by atoms with van der Waals surface area (Å²) in [5, 5.41) is 0.861. The fraction of sp³-hybridized carbons (Fsp3) is 0.500. The zero-order valence-corrected chi connectivity index (χ0v) is 12.2. The molecule has 2 aromatic rings. The Bertz CT molecular complexity index is 608. The molecule has 0 unspecified atom stereocenters. The molecule has 0 amide bonds. The maximum absolute atomic E-state index is 12.5. The first-order valence-electron chi connectivity index (χ1n) is 6.49. The average Bonchev–Trinajstić information content (AvgIpc) is 2.77. The van der Waals surface area contributed by atoms with E-state index in [2.05, 4.69) is 9.63 Å². The Morgan fingerprint density at radius 3 is 2.78 bits per heavy atom. The summed E-state index contributed by atoms with van der Waals surface area (Å²) in [7, 11) is 1.64. The minimum absolute atomic E-state index is 0.167. The number of hydrogen-bond acceptors (Lipinski definition) is 2. The van der Waals surface area contributed by atoms with Crippen LogP contribution < -0.4 is 10.3 Å². The molecule has 0 spiro atoms. The number of fused-ring (bicyclic) bond motifs is 1. The summed E-state index contributed by atoms with van der Waals surface area (Å²) in [6, 6.07) is 6.37. The number of hydrogen-bond donors (Lipinski definition) is 0. The number of rotatable bonds is 2. The molecule has 3 rings (SSSR count). The molecule has 1 fully saturated rings. The van der Waals surface area contributed by atoms with E-state index in [0.717, 1.165) is 11.1 Å². The van der Waals surface area contributed by atoms with Gasteiger partial charge in [-0.1, -0.05) is 0 Å². The molecule has 0 N–H and O–H groups in total. The fourth-order valence-corrected chi connectivity index (χ4v) is 5.07. The van der Waals surface area contributed by atoms with Gasteiger partial charge in [0.2, 0.25) is 0 Å². The van der Waals surface area contributed by atoms with E-state index in [9.17, 15) is 4.79 Å². The second kappa shape index (κ2) is 4.94. The van der Waals surface area contributed by atoms with Crippen molar-refractivity contribution in [2.75, 3.05) is 7.11 Å². The molecule has 1 aromatic heterocycles. The van der Waals surface area contributed by atoms with Crippen molar-refractivity contribution in [2.24, 2.45) is 0 Å². The first-order chi connectivity index (χ1) is 8.79. The predicted molar refractivity (Wildman–Crippen MR) is 73.8 cm³/mol. The third-order valence-electron chi connectivity index (χ3n) is 3.72. The van der Waals surface area contributed by atoms with Gasteiger partial charge >= 0.3 is 112 Å². The van der Waals surface area contributed by atoms with E-state index >= 15 is 0 Å². The zero-order valence-electron chi connectivity index (χ0n) is 10.5. The Labute approximate surface area is 112 Å². The monoisotopic (exact) mass is 311 g/mol. The van der Waals surface area contributed by atoms with Crippen LogP contribution in [0.25, 0.3) is 9.65 Å². The summed E-state index contributed by atoms with van der Waals surface area (Å²) in [6.45, 7) is 0. The molecule has 1 heterocycles. The van der Waals surface area contributed by atoms with Crippen LogP contribution in [-0.2, 0) is 0 Å². The van der Waals surface area contributed by atoms with Gasteiger partial charge in [0.25, 0.3) is 0 Å². The minimum atomic E-state index is 0.167. The first kappa shape index (κ1) is 12.1. The third-order valence-corrected chi connectivity index (χ3v) is 6.27. The quantitative estimate of drug-likeness (QED) is 0.798. The number of ether oxygens (including phenoxy) is 1.